The van der Waals surface area contributed by atoms with Crippen LogP contribution >= 0.6 is 11.3 Å². The van der Waals surface area contributed by atoms with Crippen LogP contribution in [0.5, 0.6) is 0 Å². The Morgan fingerprint density at radius 3 is 2.88 bits per heavy atom. The molecule has 1 unspecified atom stereocenters. The zero-order valence-corrected chi connectivity index (χ0v) is 14.3. The lowest BCUT2D eigenvalue weighted by molar-refractivity contribution is -0.118. The van der Waals surface area contributed by atoms with E-state index in [9.17, 15) is 9.59 Å². The number of nitrogens with zero attached hydrogens (tertiary/aromatic N) is 1. The molecule has 1 aromatic carbocycles. The highest BCUT2D eigenvalue weighted by molar-refractivity contribution is 7.15. The minimum atomic E-state index is -0.737. The first-order valence-corrected chi connectivity index (χ1v) is 8.02. The van der Waals surface area contributed by atoms with Crippen molar-refractivity contribution in [1.29, 1.82) is 0 Å². The van der Waals surface area contributed by atoms with Gasteiger partial charge in [0.2, 0.25) is 5.91 Å². The fourth-order valence-electron chi connectivity index (χ4n) is 2.03. The summed E-state index contributed by atoms with van der Waals surface area (Å²) in [4.78, 5) is 28.5. The highest BCUT2D eigenvalue weighted by atomic mass is 32.1. The number of hydrogen-bond donors (Lipinski definition) is 2. The number of hydrogen-bond acceptors (Lipinski definition) is 7. The van der Waals surface area contributed by atoms with E-state index in [4.69, 9.17) is 15.2 Å². The molecule has 2 rings (SSSR count). The van der Waals surface area contributed by atoms with Crippen LogP contribution in [0.1, 0.15) is 20.8 Å². The normalized spacial score (nSPS) is 11.8. The van der Waals surface area contributed by atoms with Crippen molar-refractivity contribution < 1.29 is 19.1 Å². The maximum Gasteiger partial charge on any atom is 0.337 e. The van der Waals surface area contributed by atoms with E-state index in [-0.39, 0.29) is 18.5 Å². The van der Waals surface area contributed by atoms with E-state index >= 15 is 0 Å². The van der Waals surface area contributed by atoms with Gasteiger partial charge in [-0.25, -0.2) is 9.78 Å². The molecule has 24 heavy (non-hydrogen) atoms. The fraction of sp³-hybridized carbons (Fsp3) is 0.312. The number of aromatic nitrogens is 1. The lowest BCUT2D eigenvalue weighted by Gasteiger charge is -2.08. The number of methoxy groups -OCH3 is 2. The third-order valence-corrected chi connectivity index (χ3v) is 4.11. The highest BCUT2D eigenvalue weighted by Crippen LogP contribution is 2.22. The Morgan fingerprint density at radius 1 is 1.38 bits per heavy atom. The predicted octanol–water partition coefficient (Wildman–Crippen LogP) is 1.43. The molecule has 128 valence electrons. The van der Waals surface area contributed by atoms with Crippen molar-refractivity contribution in [2.75, 3.05) is 26.1 Å². The molecule has 0 aliphatic heterocycles. The summed E-state index contributed by atoms with van der Waals surface area (Å²) in [6.45, 7) is 0.143. The molecule has 1 atom stereocenters. The Bertz CT molecular complexity index is 717. The van der Waals surface area contributed by atoms with Gasteiger partial charge in [0.25, 0.3) is 0 Å². The number of carbonyl (C=O) groups excluding carboxylic acids is 2. The third-order valence-electron chi connectivity index (χ3n) is 3.19. The molecule has 0 aliphatic carbocycles. The van der Waals surface area contributed by atoms with E-state index < -0.39 is 6.04 Å². The van der Waals surface area contributed by atoms with Gasteiger partial charge in [0.05, 0.1) is 19.3 Å². The van der Waals surface area contributed by atoms with Crippen molar-refractivity contribution in [2.45, 2.75) is 12.5 Å². The molecule has 1 aromatic heterocycles. The number of nitrogens with one attached hydrogen (secondary N) is 1. The van der Waals surface area contributed by atoms with Crippen LogP contribution in [0.15, 0.2) is 30.5 Å². The largest absolute Gasteiger partial charge is 0.465 e. The molecule has 0 saturated heterocycles. The van der Waals surface area contributed by atoms with E-state index in [2.05, 4.69) is 10.3 Å². The summed E-state index contributed by atoms with van der Waals surface area (Å²) in [5.41, 5.74) is 7.11. The molecular weight excluding hydrogens is 330 g/mol. The smallest absolute Gasteiger partial charge is 0.337 e. The van der Waals surface area contributed by atoms with E-state index in [0.717, 1.165) is 10.4 Å². The number of anilines is 1. The van der Waals surface area contributed by atoms with Gasteiger partial charge in [0.1, 0.15) is 6.04 Å². The Labute approximate surface area is 143 Å². The van der Waals surface area contributed by atoms with Gasteiger partial charge in [0, 0.05) is 24.6 Å². The van der Waals surface area contributed by atoms with Gasteiger partial charge >= 0.3 is 5.97 Å². The number of rotatable bonds is 7. The van der Waals surface area contributed by atoms with E-state index in [1.807, 2.05) is 6.07 Å². The SMILES string of the molecule is COCC(N)C(=O)Nc1ncc(Cc2cccc(C(=O)OC)c2)s1. The highest BCUT2D eigenvalue weighted by Gasteiger charge is 2.15. The van der Waals surface area contributed by atoms with E-state index in [1.54, 1.807) is 24.4 Å². The summed E-state index contributed by atoms with van der Waals surface area (Å²) < 4.78 is 9.56. The van der Waals surface area contributed by atoms with Crippen LogP contribution in [0, 0.1) is 0 Å². The van der Waals surface area contributed by atoms with E-state index in [0.29, 0.717) is 17.1 Å². The topological polar surface area (TPSA) is 104 Å². The van der Waals surface area contributed by atoms with Crippen molar-refractivity contribution in [3.63, 3.8) is 0 Å². The molecule has 0 aliphatic rings. The Morgan fingerprint density at radius 2 is 2.17 bits per heavy atom. The second-order valence-electron chi connectivity index (χ2n) is 5.05. The van der Waals surface area contributed by atoms with Crippen LogP contribution < -0.4 is 11.1 Å². The van der Waals surface area contributed by atoms with Gasteiger partial charge < -0.3 is 20.5 Å². The Hall–Kier alpha value is -2.29. The maximum absolute atomic E-state index is 11.8. The lowest BCUT2D eigenvalue weighted by Crippen LogP contribution is -2.39. The van der Waals surface area contributed by atoms with Gasteiger partial charge in [-0.1, -0.05) is 12.1 Å². The van der Waals surface area contributed by atoms with Crippen LogP contribution in [0.3, 0.4) is 0 Å². The van der Waals surface area contributed by atoms with Crippen molar-refractivity contribution in [1.82, 2.24) is 4.98 Å². The zero-order chi connectivity index (χ0) is 17.5. The van der Waals surface area contributed by atoms with Crippen molar-refractivity contribution in [3.8, 4) is 0 Å². The van der Waals surface area contributed by atoms with Crippen molar-refractivity contribution in [3.05, 3.63) is 46.5 Å². The number of nitrogens with two attached hydrogens (primary N) is 1. The molecule has 1 amide bonds. The number of ether oxygens (including phenoxy) is 2. The van der Waals surface area contributed by atoms with Crippen LogP contribution in [0.4, 0.5) is 5.13 Å². The van der Waals surface area contributed by atoms with Gasteiger partial charge in [0.15, 0.2) is 5.13 Å². The second kappa shape index (κ2) is 8.53. The van der Waals surface area contributed by atoms with Crippen LogP contribution in [0.2, 0.25) is 0 Å². The molecule has 0 saturated carbocycles. The summed E-state index contributed by atoms with van der Waals surface area (Å²) in [5.74, 6) is -0.716. The Balaban J connectivity index is 2.01. The first kappa shape index (κ1) is 18.1. The van der Waals surface area contributed by atoms with E-state index in [1.165, 1.54) is 25.6 Å². The third kappa shape index (κ3) is 4.85. The first-order chi connectivity index (χ1) is 11.5. The quantitative estimate of drug-likeness (QED) is 0.733. The van der Waals surface area contributed by atoms with Gasteiger partial charge in [-0.15, -0.1) is 11.3 Å². The minimum Gasteiger partial charge on any atom is -0.465 e. The molecule has 0 fully saturated rings. The predicted molar refractivity (Wildman–Crippen MR) is 91.2 cm³/mol. The number of thiazole rings is 1. The Kier molecular flexibility index (Phi) is 6.42. The molecule has 1 heterocycles. The maximum atomic E-state index is 11.8. The van der Waals surface area contributed by atoms with Crippen LogP contribution in [-0.2, 0) is 20.7 Å². The fourth-order valence-corrected chi connectivity index (χ4v) is 2.88. The number of benzene rings is 1. The molecule has 3 N–H and O–H groups in total. The zero-order valence-electron chi connectivity index (χ0n) is 13.4. The summed E-state index contributed by atoms with van der Waals surface area (Å²) in [7, 11) is 2.83. The van der Waals surface area contributed by atoms with Gasteiger partial charge in [-0.2, -0.15) is 0 Å². The van der Waals surface area contributed by atoms with Gasteiger partial charge in [-0.05, 0) is 17.7 Å². The van der Waals surface area contributed by atoms with Crippen molar-refractivity contribution >= 4 is 28.3 Å². The summed E-state index contributed by atoms with van der Waals surface area (Å²) in [6.07, 6.45) is 2.29. The first-order valence-electron chi connectivity index (χ1n) is 7.21. The molecule has 7 nitrogen and oxygen atoms in total. The second-order valence-corrected chi connectivity index (χ2v) is 6.17. The summed E-state index contributed by atoms with van der Waals surface area (Å²) in [5, 5.41) is 3.14. The summed E-state index contributed by atoms with van der Waals surface area (Å²) >= 11 is 1.36. The number of amides is 1. The molecule has 0 bridgehead atoms. The monoisotopic (exact) mass is 349 g/mol. The summed E-state index contributed by atoms with van der Waals surface area (Å²) in [6, 6.07) is 6.45. The number of esters is 1. The average molecular weight is 349 g/mol. The van der Waals surface area contributed by atoms with Gasteiger partial charge in [-0.3, -0.25) is 4.79 Å². The average Bonchev–Trinajstić information content (AvgIpc) is 3.01. The minimum absolute atomic E-state index is 0.143. The van der Waals surface area contributed by atoms with Crippen LogP contribution in [-0.4, -0.2) is 43.7 Å². The molecule has 0 spiro atoms. The molecular formula is C16H19N3O4S. The standard InChI is InChI=1S/C16H19N3O4S/c1-22-9-13(17)14(20)19-16-18-8-12(24-16)7-10-4-3-5-11(6-10)15(21)23-2/h3-6,8,13H,7,9,17H2,1-2H3,(H,18,19,20). The molecule has 8 heteroatoms. The van der Waals surface area contributed by atoms with Crippen molar-refractivity contribution in [2.24, 2.45) is 5.73 Å². The number of carbonyl (C=O) groups is 2. The molecule has 0 radical (unpaired) electrons. The lowest BCUT2D eigenvalue weighted by atomic mass is 10.1. The van der Waals surface area contributed by atoms with Crippen LogP contribution in [0.25, 0.3) is 0 Å². The molecule has 2 aromatic rings.